The molecule has 0 aliphatic carbocycles. The van der Waals surface area contributed by atoms with Crippen molar-refractivity contribution in [2.75, 3.05) is 5.73 Å². The number of rotatable bonds is 6. The standard InChI is InChI=1S/C11H15N3O3/c1-2-3-4-5-9(15)10-11(14(16)17)8(12)6-7-13-10/h6-7H,2-5H2,1H3,(H2,12,13). The molecule has 1 aromatic heterocycles. The van der Waals surface area contributed by atoms with Crippen LogP contribution in [-0.2, 0) is 0 Å². The molecule has 1 rings (SSSR count). The molecule has 0 amide bonds. The highest BCUT2D eigenvalue weighted by Crippen LogP contribution is 2.25. The van der Waals surface area contributed by atoms with Gasteiger partial charge in [-0.25, -0.2) is 4.98 Å². The number of ketones is 1. The number of nitro groups is 1. The van der Waals surface area contributed by atoms with E-state index >= 15 is 0 Å². The van der Waals surface area contributed by atoms with Gasteiger partial charge in [0.2, 0.25) is 0 Å². The Morgan fingerprint density at radius 2 is 2.24 bits per heavy atom. The van der Waals surface area contributed by atoms with E-state index in [1.54, 1.807) is 0 Å². The Morgan fingerprint density at radius 1 is 1.53 bits per heavy atom. The highest BCUT2D eigenvalue weighted by atomic mass is 16.6. The molecule has 0 fully saturated rings. The number of pyridine rings is 1. The molecule has 0 saturated carbocycles. The van der Waals surface area contributed by atoms with Crippen molar-refractivity contribution in [3.63, 3.8) is 0 Å². The predicted octanol–water partition coefficient (Wildman–Crippen LogP) is 2.33. The third kappa shape index (κ3) is 3.24. The number of unbranched alkanes of at least 4 members (excludes halogenated alkanes) is 2. The van der Waals surface area contributed by atoms with Crippen LogP contribution >= 0.6 is 0 Å². The molecule has 0 atom stereocenters. The molecule has 92 valence electrons. The van der Waals surface area contributed by atoms with Gasteiger partial charge >= 0.3 is 5.69 Å². The Balaban J connectivity index is 2.93. The van der Waals surface area contributed by atoms with E-state index in [1.165, 1.54) is 12.3 Å². The van der Waals surface area contributed by atoms with E-state index in [9.17, 15) is 14.9 Å². The number of Topliss-reactive ketones (excluding diaryl/α,β-unsaturated/α-hetero) is 1. The molecule has 17 heavy (non-hydrogen) atoms. The molecule has 6 nitrogen and oxygen atoms in total. The smallest absolute Gasteiger partial charge is 0.321 e. The van der Waals surface area contributed by atoms with Gasteiger partial charge in [0, 0.05) is 12.6 Å². The maximum absolute atomic E-state index is 11.8. The summed E-state index contributed by atoms with van der Waals surface area (Å²) in [4.78, 5) is 25.7. The van der Waals surface area contributed by atoms with Crippen LogP contribution in [0.3, 0.4) is 0 Å². The topological polar surface area (TPSA) is 99.1 Å². The van der Waals surface area contributed by atoms with E-state index in [0.29, 0.717) is 6.42 Å². The highest BCUT2D eigenvalue weighted by molar-refractivity contribution is 5.99. The summed E-state index contributed by atoms with van der Waals surface area (Å²) in [6.45, 7) is 2.02. The average molecular weight is 237 g/mol. The van der Waals surface area contributed by atoms with E-state index in [0.717, 1.165) is 12.8 Å². The van der Waals surface area contributed by atoms with Gasteiger partial charge in [0.15, 0.2) is 11.5 Å². The van der Waals surface area contributed by atoms with Gasteiger partial charge < -0.3 is 5.73 Å². The SMILES string of the molecule is CCCCCC(=O)c1nccc(N)c1[N+](=O)[O-]. The zero-order valence-corrected chi connectivity index (χ0v) is 9.68. The molecule has 0 saturated heterocycles. The first-order chi connectivity index (χ1) is 8.07. The Kier molecular flexibility index (Phi) is 4.56. The molecule has 1 heterocycles. The van der Waals surface area contributed by atoms with Gasteiger partial charge in [-0.05, 0) is 12.5 Å². The second-order valence-electron chi connectivity index (χ2n) is 3.73. The Bertz CT molecular complexity index is 432. The fraction of sp³-hybridized carbons (Fsp3) is 0.455. The fourth-order valence-electron chi connectivity index (χ4n) is 1.52. The number of anilines is 1. The van der Waals surface area contributed by atoms with Crippen LogP contribution in [0.1, 0.15) is 43.1 Å². The summed E-state index contributed by atoms with van der Waals surface area (Å²) in [7, 11) is 0. The molecule has 6 heteroatoms. The van der Waals surface area contributed by atoms with Crippen molar-refractivity contribution in [2.24, 2.45) is 0 Å². The van der Waals surface area contributed by atoms with Crippen LogP contribution in [0.4, 0.5) is 11.4 Å². The lowest BCUT2D eigenvalue weighted by molar-refractivity contribution is -0.384. The van der Waals surface area contributed by atoms with Crippen LogP contribution < -0.4 is 5.73 Å². The van der Waals surface area contributed by atoms with Crippen molar-refractivity contribution < 1.29 is 9.72 Å². The fourth-order valence-corrected chi connectivity index (χ4v) is 1.52. The first-order valence-electron chi connectivity index (χ1n) is 5.50. The summed E-state index contributed by atoms with van der Waals surface area (Å²) in [5, 5.41) is 10.8. The van der Waals surface area contributed by atoms with Crippen molar-refractivity contribution >= 4 is 17.2 Å². The van der Waals surface area contributed by atoms with Gasteiger partial charge in [0.05, 0.1) is 4.92 Å². The number of nitrogen functional groups attached to an aromatic ring is 1. The first kappa shape index (κ1) is 13.1. The minimum Gasteiger partial charge on any atom is -0.393 e. The van der Waals surface area contributed by atoms with Gasteiger partial charge in [-0.15, -0.1) is 0 Å². The predicted molar refractivity (Wildman–Crippen MR) is 63.8 cm³/mol. The number of aromatic nitrogens is 1. The van der Waals surface area contributed by atoms with Gasteiger partial charge in [0.25, 0.3) is 0 Å². The second-order valence-corrected chi connectivity index (χ2v) is 3.73. The van der Waals surface area contributed by atoms with E-state index in [2.05, 4.69) is 4.98 Å². The quantitative estimate of drug-likeness (QED) is 0.354. The Morgan fingerprint density at radius 3 is 2.82 bits per heavy atom. The summed E-state index contributed by atoms with van der Waals surface area (Å²) in [5.41, 5.74) is 4.94. The van der Waals surface area contributed by atoms with Crippen molar-refractivity contribution in [3.8, 4) is 0 Å². The number of hydrogen-bond donors (Lipinski definition) is 1. The first-order valence-corrected chi connectivity index (χ1v) is 5.50. The largest absolute Gasteiger partial charge is 0.393 e. The number of nitrogens with two attached hydrogens (primary N) is 1. The van der Waals surface area contributed by atoms with Gasteiger partial charge in [0.1, 0.15) is 5.69 Å². The van der Waals surface area contributed by atoms with Crippen molar-refractivity contribution in [3.05, 3.63) is 28.1 Å². The summed E-state index contributed by atoms with van der Waals surface area (Å²) in [5.74, 6) is -0.322. The van der Waals surface area contributed by atoms with Crippen LogP contribution in [0.5, 0.6) is 0 Å². The summed E-state index contributed by atoms with van der Waals surface area (Å²) in [6, 6.07) is 1.32. The Hall–Kier alpha value is -1.98. The van der Waals surface area contributed by atoms with E-state index in [1.807, 2.05) is 6.92 Å². The molecule has 0 aliphatic rings. The lowest BCUT2D eigenvalue weighted by atomic mass is 10.1. The number of nitrogens with zero attached hydrogens (tertiary/aromatic N) is 2. The van der Waals surface area contributed by atoms with Crippen LogP contribution in [0.2, 0.25) is 0 Å². The maximum atomic E-state index is 11.8. The lowest BCUT2D eigenvalue weighted by Gasteiger charge is -2.03. The van der Waals surface area contributed by atoms with Crippen molar-refractivity contribution in [1.29, 1.82) is 0 Å². The van der Waals surface area contributed by atoms with Crippen molar-refractivity contribution in [2.45, 2.75) is 32.6 Å². The zero-order chi connectivity index (χ0) is 12.8. The molecular weight excluding hydrogens is 222 g/mol. The van der Waals surface area contributed by atoms with E-state index < -0.39 is 4.92 Å². The molecule has 1 aromatic rings. The molecule has 0 aliphatic heterocycles. The zero-order valence-electron chi connectivity index (χ0n) is 9.68. The van der Waals surface area contributed by atoms with E-state index in [4.69, 9.17) is 5.73 Å². The third-order valence-electron chi connectivity index (χ3n) is 2.41. The third-order valence-corrected chi connectivity index (χ3v) is 2.41. The number of hydrogen-bond acceptors (Lipinski definition) is 5. The summed E-state index contributed by atoms with van der Waals surface area (Å²) >= 11 is 0. The second kappa shape index (κ2) is 5.93. The normalized spacial score (nSPS) is 10.2. The van der Waals surface area contributed by atoms with Crippen LogP contribution in [0.15, 0.2) is 12.3 Å². The average Bonchev–Trinajstić information content (AvgIpc) is 2.28. The monoisotopic (exact) mass is 237 g/mol. The van der Waals surface area contributed by atoms with Crippen LogP contribution in [0.25, 0.3) is 0 Å². The van der Waals surface area contributed by atoms with Gasteiger partial charge in [-0.3, -0.25) is 14.9 Å². The van der Waals surface area contributed by atoms with Crippen LogP contribution in [-0.4, -0.2) is 15.7 Å². The molecule has 2 N–H and O–H groups in total. The molecule has 0 radical (unpaired) electrons. The van der Waals surface area contributed by atoms with Gasteiger partial charge in [-0.2, -0.15) is 0 Å². The molecule has 0 spiro atoms. The molecule has 0 aromatic carbocycles. The summed E-state index contributed by atoms with van der Waals surface area (Å²) in [6.07, 6.45) is 4.20. The molecular formula is C11H15N3O3. The number of carbonyl (C=O) groups excluding carboxylic acids is 1. The molecule has 0 bridgehead atoms. The highest BCUT2D eigenvalue weighted by Gasteiger charge is 2.24. The van der Waals surface area contributed by atoms with E-state index in [-0.39, 0.29) is 29.3 Å². The minimum atomic E-state index is -0.657. The van der Waals surface area contributed by atoms with Gasteiger partial charge in [-0.1, -0.05) is 19.8 Å². The Labute approximate surface area is 99.0 Å². The minimum absolute atomic E-state index is 0.0242. The maximum Gasteiger partial charge on any atom is 0.321 e. The van der Waals surface area contributed by atoms with Crippen LogP contribution in [0, 0.1) is 10.1 Å². The van der Waals surface area contributed by atoms with Crippen molar-refractivity contribution in [1.82, 2.24) is 4.98 Å². The molecule has 0 unspecified atom stereocenters. The lowest BCUT2D eigenvalue weighted by Crippen LogP contribution is -2.08. The summed E-state index contributed by atoms with van der Waals surface area (Å²) < 4.78 is 0. The number of carbonyl (C=O) groups is 1.